The maximum absolute atomic E-state index is 13.2. The van der Waals surface area contributed by atoms with Crippen molar-refractivity contribution in [1.82, 2.24) is 0 Å². The second kappa shape index (κ2) is 5.41. The number of hydrogen-bond donors (Lipinski definition) is 0. The van der Waals surface area contributed by atoms with Crippen LogP contribution in [0.25, 0.3) is 0 Å². The molecule has 2 aromatic carbocycles. The van der Waals surface area contributed by atoms with E-state index in [1.807, 2.05) is 25.1 Å². The van der Waals surface area contributed by atoms with Crippen molar-refractivity contribution in [2.24, 2.45) is 0 Å². The summed E-state index contributed by atoms with van der Waals surface area (Å²) in [6.45, 7) is 3.77. The van der Waals surface area contributed by atoms with Gasteiger partial charge in [0.1, 0.15) is 5.82 Å². The minimum atomic E-state index is -0.263. The van der Waals surface area contributed by atoms with Crippen LogP contribution in [0, 0.1) is 19.7 Å². The van der Waals surface area contributed by atoms with Crippen LogP contribution >= 0.6 is 27.5 Å². The van der Waals surface area contributed by atoms with E-state index in [9.17, 15) is 4.39 Å². The van der Waals surface area contributed by atoms with Crippen molar-refractivity contribution < 1.29 is 4.39 Å². The van der Waals surface area contributed by atoms with Gasteiger partial charge in [-0.05, 0) is 48.2 Å². The second-order valence-electron chi connectivity index (χ2n) is 4.38. The molecule has 94 valence electrons. The molecule has 0 amide bonds. The fourth-order valence-corrected chi connectivity index (χ4v) is 2.45. The monoisotopic (exact) mass is 326 g/mol. The van der Waals surface area contributed by atoms with Gasteiger partial charge in [0.05, 0.1) is 5.38 Å². The lowest BCUT2D eigenvalue weighted by atomic mass is 10.0. The Morgan fingerprint density at radius 2 is 1.61 bits per heavy atom. The van der Waals surface area contributed by atoms with Crippen molar-refractivity contribution in [3.05, 3.63) is 68.9 Å². The van der Waals surface area contributed by atoms with Crippen LogP contribution in [0.15, 0.2) is 40.9 Å². The van der Waals surface area contributed by atoms with E-state index >= 15 is 0 Å². The molecule has 0 fully saturated rings. The van der Waals surface area contributed by atoms with Gasteiger partial charge < -0.3 is 0 Å². The molecule has 0 saturated carbocycles. The minimum absolute atomic E-state index is 0.201. The lowest BCUT2D eigenvalue weighted by Crippen LogP contribution is -1.95. The van der Waals surface area contributed by atoms with Crippen molar-refractivity contribution in [2.45, 2.75) is 19.2 Å². The predicted molar refractivity (Wildman–Crippen MR) is 77.7 cm³/mol. The van der Waals surface area contributed by atoms with Crippen molar-refractivity contribution in [3.8, 4) is 0 Å². The van der Waals surface area contributed by atoms with Crippen molar-refractivity contribution >= 4 is 27.5 Å². The summed E-state index contributed by atoms with van der Waals surface area (Å²) < 4.78 is 14.3. The molecular formula is C15H13BrClF. The summed E-state index contributed by atoms with van der Waals surface area (Å²) in [7, 11) is 0. The van der Waals surface area contributed by atoms with Crippen LogP contribution in [0.5, 0.6) is 0 Å². The van der Waals surface area contributed by atoms with Gasteiger partial charge in [0.25, 0.3) is 0 Å². The Bertz CT molecular complexity index is 529. The molecule has 0 heterocycles. The SMILES string of the molecule is Cc1cc(C(Cl)c2ccc(C)c(Br)c2)ccc1F. The van der Waals surface area contributed by atoms with E-state index < -0.39 is 0 Å². The molecule has 0 radical (unpaired) electrons. The Hall–Kier alpha value is -0.860. The highest BCUT2D eigenvalue weighted by molar-refractivity contribution is 9.10. The normalized spacial score (nSPS) is 12.5. The van der Waals surface area contributed by atoms with Crippen LogP contribution in [0.3, 0.4) is 0 Å². The Labute approximate surface area is 120 Å². The summed E-state index contributed by atoms with van der Waals surface area (Å²) >= 11 is 9.93. The minimum Gasteiger partial charge on any atom is -0.207 e. The van der Waals surface area contributed by atoms with E-state index in [1.54, 1.807) is 19.1 Å². The molecule has 1 unspecified atom stereocenters. The average Bonchev–Trinajstić information content (AvgIpc) is 2.35. The van der Waals surface area contributed by atoms with Gasteiger partial charge in [-0.15, -0.1) is 11.6 Å². The number of aryl methyl sites for hydroxylation is 2. The summed E-state index contributed by atoms with van der Waals surface area (Å²) in [5, 5.41) is -0.263. The van der Waals surface area contributed by atoms with E-state index in [2.05, 4.69) is 15.9 Å². The molecule has 0 aliphatic carbocycles. The zero-order chi connectivity index (χ0) is 13.3. The number of benzene rings is 2. The number of halogens is 3. The lowest BCUT2D eigenvalue weighted by Gasteiger charge is -2.12. The number of alkyl halides is 1. The molecule has 0 bridgehead atoms. The van der Waals surface area contributed by atoms with Crippen LogP contribution in [0.2, 0.25) is 0 Å². The maximum Gasteiger partial charge on any atom is 0.126 e. The molecule has 0 spiro atoms. The Balaban J connectivity index is 2.37. The molecule has 0 aliphatic heterocycles. The Kier molecular flexibility index (Phi) is 4.08. The van der Waals surface area contributed by atoms with Gasteiger partial charge in [0.2, 0.25) is 0 Å². The first kappa shape index (κ1) is 13.6. The topological polar surface area (TPSA) is 0 Å². The molecular weight excluding hydrogens is 315 g/mol. The Morgan fingerprint density at radius 3 is 2.22 bits per heavy atom. The third-order valence-electron chi connectivity index (χ3n) is 2.96. The second-order valence-corrected chi connectivity index (χ2v) is 5.67. The first-order valence-corrected chi connectivity index (χ1v) is 6.88. The summed E-state index contributed by atoms with van der Waals surface area (Å²) in [6, 6.07) is 11.0. The molecule has 0 aromatic heterocycles. The fraction of sp³-hybridized carbons (Fsp3) is 0.200. The van der Waals surface area contributed by atoms with Gasteiger partial charge in [-0.25, -0.2) is 4.39 Å². The molecule has 0 N–H and O–H groups in total. The molecule has 2 aromatic rings. The van der Waals surface area contributed by atoms with Crippen LogP contribution < -0.4 is 0 Å². The van der Waals surface area contributed by atoms with E-state index in [0.29, 0.717) is 5.56 Å². The first-order valence-electron chi connectivity index (χ1n) is 5.65. The van der Waals surface area contributed by atoms with Crippen molar-refractivity contribution in [2.75, 3.05) is 0 Å². The van der Waals surface area contributed by atoms with Crippen molar-refractivity contribution in [3.63, 3.8) is 0 Å². The maximum atomic E-state index is 13.2. The highest BCUT2D eigenvalue weighted by Crippen LogP contribution is 2.32. The summed E-state index contributed by atoms with van der Waals surface area (Å²) in [5.41, 5.74) is 3.69. The van der Waals surface area contributed by atoms with E-state index in [0.717, 1.165) is 21.2 Å². The molecule has 0 nitrogen and oxygen atoms in total. The first-order chi connectivity index (χ1) is 8.49. The van der Waals surface area contributed by atoms with Crippen LogP contribution in [-0.4, -0.2) is 0 Å². The van der Waals surface area contributed by atoms with Crippen molar-refractivity contribution in [1.29, 1.82) is 0 Å². The van der Waals surface area contributed by atoms with Gasteiger partial charge in [-0.3, -0.25) is 0 Å². The van der Waals surface area contributed by atoms with Gasteiger partial charge in [0.15, 0.2) is 0 Å². The van der Waals surface area contributed by atoms with E-state index in [4.69, 9.17) is 11.6 Å². The van der Waals surface area contributed by atoms with Crippen LogP contribution in [0.1, 0.15) is 27.6 Å². The molecule has 0 aliphatic rings. The third-order valence-corrected chi connectivity index (χ3v) is 4.32. The highest BCUT2D eigenvalue weighted by Gasteiger charge is 2.13. The fourth-order valence-electron chi connectivity index (χ4n) is 1.78. The average molecular weight is 328 g/mol. The Morgan fingerprint density at radius 1 is 1.00 bits per heavy atom. The van der Waals surface area contributed by atoms with Gasteiger partial charge in [0, 0.05) is 4.47 Å². The van der Waals surface area contributed by atoms with E-state index in [1.165, 1.54) is 6.07 Å². The van der Waals surface area contributed by atoms with Gasteiger partial charge in [-0.1, -0.05) is 40.2 Å². The molecule has 3 heteroatoms. The summed E-state index contributed by atoms with van der Waals surface area (Å²) in [4.78, 5) is 0. The molecule has 18 heavy (non-hydrogen) atoms. The van der Waals surface area contributed by atoms with Gasteiger partial charge >= 0.3 is 0 Å². The third kappa shape index (κ3) is 2.76. The van der Waals surface area contributed by atoms with E-state index in [-0.39, 0.29) is 11.2 Å². The molecule has 1 atom stereocenters. The molecule has 0 saturated heterocycles. The molecule has 2 rings (SSSR count). The smallest absolute Gasteiger partial charge is 0.126 e. The highest BCUT2D eigenvalue weighted by atomic mass is 79.9. The predicted octanol–water partition coefficient (Wildman–Crippen LogP) is 5.53. The lowest BCUT2D eigenvalue weighted by molar-refractivity contribution is 0.617. The van der Waals surface area contributed by atoms with Crippen LogP contribution in [0.4, 0.5) is 4.39 Å². The zero-order valence-corrected chi connectivity index (χ0v) is 12.5. The zero-order valence-electron chi connectivity index (χ0n) is 10.2. The van der Waals surface area contributed by atoms with Gasteiger partial charge in [-0.2, -0.15) is 0 Å². The quantitative estimate of drug-likeness (QED) is 0.636. The number of hydrogen-bond acceptors (Lipinski definition) is 0. The summed E-state index contributed by atoms with van der Waals surface area (Å²) in [5.74, 6) is -0.201. The van der Waals surface area contributed by atoms with Crippen LogP contribution in [-0.2, 0) is 0 Å². The largest absolute Gasteiger partial charge is 0.207 e. The standard InChI is InChI=1S/C15H13BrClF/c1-9-3-4-12(8-13(9)16)15(17)11-5-6-14(18)10(2)7-11/h3-8,15H,1-2H3. The summed E-state index contributed by atoms with van der Waals surface area (Å²) in [6.07, 6.45) is 0. The number of rotatable bonds is 2.